The van der Waals surface area contributed by atoms with Crippen LogP contribution < -0.4 is 9.47 Å². The molecule has 0 bridgehead atoms. The topological polar surface area (TPSA) is 44.2 Å². The summed E-state index contributed by atoms with van der Waals surface area (Å²) in [5, 5.41) is 0. The second-order valence-electron chi connectivity index (χ2n) is 9.58. The number of benzene rings is 1. The van der Waals surface area contributed by atoms with E-state index in [4.69, 9.17) is 9.47 Å². The molecule has 2 aromatic rings. The van der Waals surface area contributed by atoms with Crippen LogP contribution in [0.4, 0.5) is 43.9 Å². The summed E-state index contributed by atoms with van der Waals surface area (Å²) >= 11 is 0. The highest BCUT2D eigenvalue weighted by molar-refractivity contribution is 5.56. The first-order valence-corrected chi connectivity index (χ1v) is 12.5. The van der Waals surface area contributed by atoms with E-state index < -0.39 is 42.5 Å². The Morgan fingerprint density at radius 1 is 0.675 bits per heavy atom. The third kappa shape index (κ3) is 8.60. The zero-order chi connectivity index (χ0) is 30.2. The van der Waals surface area contributed by atoms with Gasteiger partial charge in [-0.2, -0.15) is 39.5 Å². The van der Waals surface area contributed by atoms with E-state index in [1.165, 1.54) is 19.3 Å². The molecule has 0 aliphatic heterocycles. The highest BCUT2D eigenvalue weighted by Gasteiger charge is 2.81. The second kappa shape index (κ2) is 13.2. The molecule has 14 heteroatoms. The van der Waals surface area contributed by atoms with Crippen LogP contribution in [-0.4, -0.2) is 52.8 Å². The molecule has 226 valence electrons. The Kier molecular flexibility index (Phi) is 11.1. The van der Waals surface area contributed by atoms with Crippen molar-refractivity contribution >= 4 is 0 Å². The van der Waals surface area contributed by atoms with Gasteiger partial charge >= 0.3 is 23.9 Å². The van der Waals surface area contributed by atoms with E-state index in [1.54, 1.807) is 24.3 Å². The van der Waals surface area contributed by atoms with E-state index in [0.717, 1.165) is 19.3 Å². The fraction of sp³-hybridized carbons (Fsp3) is 0.615. The highest BCUT2D eigenvalue weighted by atomic mass is 19.4. The third-order valence-corrected chi connectivity index (χ3v) is 5.95. The molecular formula is C26H30F10N2O2. The second-order valence-corrected chi connectivity index (χ2v) is 9.58. The minimum absolute atomic E-state index is 0.0784. The molecule has 1 aromatic heterocycles. The van der Waals surface area contributed by atoms with Gasteiger partial charge in [0.25, 0.3) is 0 Å². The molecule has 2 rings (SSSR count). The van der Waals surface area contributed by atoms with Crippen LogP contribution in [-0.2, 0) is 0 Å². The molecular weight excluding hydrogens is 562 g/mol. The molecule has 0 amide bonds. The van der Waals surface area contributed by atoms with Crippen molar-refractivity contribution in [2.24, 2.45) is 0 Å². The Bertz CT molecular complexity index is 1040. The SMILES string of the molecule is CCCCC[C@](C)(F)COc1ccc(-c2ncc(OCCCCC(F)(F)C(F)(F)C(F)(F)C(F)(F)F)cn2)cc1. The lowest BCUT2D eigenvalue weighted by atomic mass is 9.99. The maximum atomic E-state index is 14.5. The van der Waals surface area contributed by atoms with E-state index in [1.807, 2.05) is 6.92 Å². The van der Waals surface area contributed by atoms with Crippen molar-refractivity contribution in [3.63, 3.8) is 0 Å². The summed E-state index contributed by atoms with van der Waals surface area (Å²) < 4.78 is 141. The van der Waals surface area contributed by atoms with Crippen molar-refractivity contribution in [3.8, 4) is 22.9 Å². The van der Waals surface area contributed by atoms with Crippen LogP contribution in [0.2, 0.25) is 0 Å². The van der Waals surface area contributed by atoms with Gasteiger partial charge in [0.05, 0.1) is 19.0 Å². The number of alkyl halides is 10. The van der Waals surface area contributed by atoms with E-state index in [9.17, 15) is 43.9 Å². The number of ether oxygens (including phenoxy) is 2. The summed E-state index contributed by atoms with van der Waals surface area (Å²) in [6, 6.07) is 6.54. The molecule has 4 nitrogen and oxygen atoms in total. The number of unbranched alkanes of at least 4 members (excludes halogenated alkanes) is 3. The van der Waals surface area contributed by atoms with Gasteiger partial charge in [0.15, 0.2) is 11.6 Å². The summed E-state index contributed by atoms with van der Waals surface area (Å²) in [7, 11) is 0. The number of halogens is 10. The van der Waals surface area contributed by atoms with Gasteiger partial charge in [-0.15, -0.1) is 0 Å². The molecule has 1 atom stereocenters. The summed E-state index contributed by atoms with van der Waals surface area (Å²) in [4.78, 5) is 8.16. The van der Waals surface area contributed by atoms with Crippen LogP contribution in [0.25, 0.3) is 11.4 Å². The average molecular weight is 593 g/mol. The summed E-state index contributed by atoms with van der Waals surface area (Å²) in [5.41, 5.74) is -0.871. The minimum Gasteiger partial charge on any atom is -0.490 e. The smallest absolute Gasteiger partial charge is 0.460 e. The molecule has 0 aliphatic carbocycles. The van der Waals surface area contributed by atoms with Crippen LogP contribution in [0.3, 0.4) is 0 Å². The standard InChI is InChI=1S/C26H30F10N2O2/c1-3-4-5-12-22(2,27)17-40-19-10-8-18(9-11-19)21-37-15-20(16-38-21)39-14-7-6-13-23(28,29)24(30,31)25(32,33)26(34,35)36/h8-11,15-16H,3-7,12-14,17H2,1-2H3/t22-/m0/s1. The van der Waals surface area contributed by atoms with Gasteiger partial charge in [0.1, 0.15) is 18.0 Å². The van der Waals surface area contributed by atoms with Crippen LogP contribution in [0.5, 0.6) is 11.5 Å². The third-order valence-electron chi connectivity index (χ3n) is 5.95. The first kappa shape index (κ1) is 33.4. The molecule has 0 aliphatic rings. The number of hydrogen-bond donors (Lipinski definition) is 0. The molecule has 0 spiro atoms. The predicted octanol–water partition coefficient (Wildman–Crippen LogP) is 8.85. The van der Waals surface area contributed by atoms with Crippen LogP contribution in [0, 0.1) is 0 Å². The van der Waals surface area contributed by atoms with Gasteiger partial charge in [0.2, 0.25) is 0 Å². The maximum absolute atomic E-state index is 14.5. The zero-order valence-electron chi connectivity index (χ0n) is 21.8. The van der Waals surface area contributed by atoms with E-state index in [2.05, 4.69) is 9.97 Å². The van der Waals surface area contributed by atoms with Gasteiger partial charge in [-0.25, -0.2) is 14.4 Å². The first-order chi connectivity index (χ1) is 18.4. The van der Waals surface area contributed by atoms with Crippen molar-refractivity contribution in [1.82, 2.24) is 9.97 Å². The fourth-order valence-corrected chi connectivity index (χ4v) is 3.49. The Morgan fingerprint density at radius 3 is 1.80 bits per heavy atom. The monoisotopic (exact) mass is 592 g/mol. The van der Waals surface area contributed by atoms with Crippen LogP contribution in [0.15, 0.2) is 36.7 Å². The van der Waals surface area contributed by atoms with E-state index >= 15 is 0 Å². The van der Waals surface area contributed by atoms with Crippen molar-refractivity contribution < 1.29 is 53.4 Å². The summed E-state index contributed by atoms with van der Waals surface area (Å²) in [6.07, 6.45) is -4.33. The molecule has 0 fully saturated rings. The molecule has 0 radical (unpaired) electrons. The maximum Gasteiger partial charge on any atom is 0.460 e. The number of hydrogen-bond acceptors (Lipinski definition) is 4. The average Bonchev–Trinajstić information content (AvgIpc) is 2.87. The molecule has 40 heavy (non-hydrogen) atoms. The van der Waals surface area contributed by atoms with Gasteiger partial charge in [0, 0.05) is 12.0 Å². The Labute approximate surface area is 225 Å². The van der Waals surface area contributed by atoms with Crippen molar-refractivity contribution in [2.45, 2.75) is 88.4 Å². The molecule has 0 saturated carbocycles. The highest BCUT2D eigenvalue weighted by Crippen LogP contribution is 2.54. The van der Waals surface area contributed by atoms with Gasteiger partial charge in [-0.3, -0.25) is 0 Å². The van der Waals surface area contributed by atoms with Gasteiger partial charge < -0.3 is 9.47 Å². The van der Waals surface area contributed by atoms with E-state index in [0.29, 0.717) is 17.7 Å². The lowest BCUT2D eigenvalue weighted by molar-refractivity contribution is -0.396. The Hall–Kier alpha value is -2.80. The molecule has 0 N–H and O–H groups in total. The van der Waals surface area contributed by atoms with E-state index in [-0.39, 0.29) is 31.2 Å². The van der Waals surface area contributed by atoms with Gasteiger partial charge in [-0.05, 0) is 50.5 Å². The zero-order valence-corrected chi connectivity index (χ0v) is 21.8. The number of rotatable bonds is 16. The lowest BCUT2D eigenvalue weighted by Crippen LogP contribution is -2.60. The van der Waals surface area contributed by atoms with Crippen LogP contribution in [0.1, 0.15) is 58.8 Å². The van der Waals surface area contributed by atoms with Crippen molar-refractivity contribution in [2.75, 3.05) is 13.2 Å². The molecule has 0 saturated heterocycles. The first-order valence-electron chi connectivity index (χ1n) is 12.5. The molecule has 1 aromatic carbocycles. The van der Waals surface area contributed by atoms with Crippen LogP contribution >= 0.6 is 0 Å². The number of aromatic nitrogens is 2. The summed E-state index contributed by atoms with van der Waals surface area (Å²) in [5.74, 6) is -18.3. The lowest BCUT2D eigenvalue weighted by Gasteiger charge is -2.33. The minimum atomic E-state index is -6.89. The van der Waals surface area contributed by atoms with Crippen molar-refractivity contribution in [3.05, 3.63) is 36.7 Å². The normalized spacial score (nSPS) is 14.6. The Morgan fingerprint density at radius 2 is 1.25 bits per heavy atom. The quantitative estimate of drug-likeness (QED) is 0.144. The predicted molar refractivity (Wildman–Crippen MR) is 127 cm³/mol. The largest absolute Gasteiger partial charge is 0.490 e. The fourth-order valence-electron chi connectivity index (χ4n) is 3.49. The van der Waals surface area contributed by atoms with Gasteiger partial charge in [-0.1, -0.05) is 26.2 Å². The molecule has 0 unspecified atom stereocenters. The molecule has 1 heterocycles. The van der Waals surface area contributed by atoms with Crippen molar-refractivity contribution in [1.29, 1.82) is 0 Å². The number of nitrogens with zero attached hydrogens (tertiary/aromatic N) is 2. The summed E-state index contributed by atoms with van der Waals surface area (Å²) in [6.45, 7) is 3.09. The Balaban J connectivity index is 1.82.